The van der Waals surface area contributed by atoms with Crippen LogP contribution < -0.4 is 10.6 Å². The number of esters is 1. The van der Waals surface area contributed by atoms with Crippen LogP contribution in [0.15, 0.2) is 36.4 Å². The van der Waals surface area contributed by atoms with Crippen LogP contribution in [-0.4, -0.2) is 33.7 Å². The summed E-state index contributed by atoms with van der Waals surface area (Å²) in [4.78, 5) is 20.9. The normalized spacial score (nSPS) is 11.1. The van der Waals surface area contributed by atoms with Crippen molar-refractivity contribution in [2.45, 2.75) is 52.0 Å². The summed E-state index contributed by atoms with van der Waals surface area (Å²) < 4.78 is 6.67. The Labute approximate surface area is 177 Å². The zero-order valence-electron chi connectivity index (χ0n) is 18.2. The molecule has 7 nitrogen and oxygen atoms in total. The van der Waals surface area contributed by atoms with E-state index in [1.165, 1.54) is 7.11 Å². The molecule has 0 aliphatic carbocycles. The minimum Gasteiger partial charge on any atom is -0.469 e. The summed E-state index contributed by atoms with van der Waals surface area (Å²) in [5.41, 5.74) is 3.47. The van der Waals surface area contributed by atoms with Crippen LogP contribution in [0, 0.1) is 0 Å². The number of aryl methyl sites for hydroxylation is 1. The average molecular weight is 410 g/mol. The Bertz CT molecular complexity index is 975. The van der Waals surface area contributed by atoms with Gasteiger partial charge in [-0.3, -0.25) is 9.36 Å². The average Bonchev–Trinajstić information content (AvgIpc) is 3.05. The number of benzene rings is 1. The first-order valence-electron chi connectivity index (χ1n) is 10.6. The summed E-state index contributed by atoms with van der Waals surface area (Å²) >= 11 is 0. The lowest BCUT2D eigenvalue weighted by molar-refractivity contribution is -0.139. The molecule has 2 aromatic heterocycles. The van der Waals surface area contributed by atoms with Gasteiger partial charge in [-0.1, -0.05) is 38.8 Å². The Balaban J connectivity index is 1.75. The van der Waals surface area contributed by atoms with E-state index in [1.807, 2.05) is 48.0 Å². The molecule has 0 radical (unpaired) electrons. The molecule has 30 heavy (non-hydrogen) atoms. The zero-order valence-corrected chi connectivity index (χ0v) is 18.2. The fourth-order valence-corrected chi connectivity index (χ4v) is 3.53. The van der Waals surface area contributed by atoms with Crippen molar-refractivity contribution in [3.8, 4) is 0 Å². The number of fused-ring (bicyclic) bond motifs is 1. The molecule has 7 heteroatoms. The first-order valence-corrected chi connectivity index (χ1v) is 10.6. The zero-order chi connectivity index (χ0) is 21.5. The Morgan fingerprint density at radius 2 is 1.77 bits per heavy atom. The summed E-state index contributed by atoms with van der Waals surface area (Å²) in [6.45, 7) is 4.42. The van der Waals surface area contributed by atoms with Crippen LogP contribution in [-0.2, 0) is 23.0 Å². The predicted octanol–water partition coefficient (Wildman–Crippen LogP) is 4.81. The van der Waals surface area contributed by atoms with Crippen molar-refractivity contribution in [2.24, 2.45) is 7.05 Å². The number of imidazole rings is 1. The molecule has 2 N–H and O–H groups in total. The molecular formula is C23H31N5O2. The highest BCUT2D eigenvalue weighted by atomic mass is 16.5. The summed E-state index contributed by atoms with van der Waals surface area (Å²) in [6.07, 6.45) is 4.84. The molecule has 0 saturated heterocycles. The number of ether oxygens (including phenoxy) is 1. The minimum atomic E-state index is -0.248. The number of nitrogens with zero attached hydrogens (tertiary/aromatic N) is 3. The van der Waals surface area contributed by atoms with Crippen molar-refractivity contribution >= 4 is 34.6 Å². The number of rotatable bonds is 10. The molecule has 0 bridgehead atoms. The van der Waals surface area contributed by atoms with Gasteiger partial charge in [0.05, 0.1) is 13.5 Å². The van der Waals surface area contributed by atoms with E-state index in [0.717, 1.165) is 53.9 Å². The van der Waals surface area contributed by atoms with Gasteiger partial charge in [0, 0.05) is 18.8 Å². The second-order valence-corrected chi connectivity index (χ2v) is 7.53. The van der Waals surface area contributed by atoms with E-state index in [9.17, 15) is 4.79 Å². The van der Waals surface area contributed by atoms with E-state index in [1.54, 1.807) is 0 Å². The van der Waals surface area contributed by atoms with Gasteiger partial charge in [-0.2, -0.15) is 0 Å². The quantitative estimate of drug-likeness (QED) is 0.468. The van der Waals surface area contributed by atoms with Crippen molar-refractivity contribution in [2.75, 3.05) is 17.7 Å². The van der Waals surface area contributed by atoms with Gasteiger partial charge in [0.2, 0.25) is 5.95 Å². The second-order valence-electron chi connectivity index (χ2n) is 7.53. The lowest BCUT2D eigenvalue weighted by Crippen LogP contribution is -2.19. The molecule has 3 aromatic rings. The maximum atomic E-state index is 11.4. The van der Waals surface area contributed by atoms with Crippen LogP contribution in [0.3, 0.4) is 0 Å². The highest BCUT2D eigenvalue weighted by Crippen LogP contribution is 2.23. The second kappa shape index (κ2) is 10.1. The molecule has 0 aliphatic heterocycles. The topological polar surface area (TPSA) is 81.1 Å². The van der Waals surface area contributed by atoms with Crippen LogP contribution >= 0.6 is 0 Å². The fourth-order valence-electron chi connectivity index (χ4n) is 3.53. The third-order valence-corrected chi connectivity index (χ3v) is 5.13. The van der Waals surface area contributed by atoms with Gasteiger partial charge >= 0.3 is 5.97 Å². The third kappa shape index (κ3) is 5.28. The number of carbonyl (C=O) groups is 1. The van der Waals surface area contributed by atoms with Crippen LogP contribution in [0.2, 0.25) is 0 Å². The van der Waals surface area contributed by atoms with E-state index >= 15 is 0 Å². The first-order chi connectivity index (χ1) is 14.5. The third-order valence-electron chi connectivity index (χ3n) is 5.13. The number of hydrogen-bond acceptors (Lipinski definition) is 6. The molecule has 0 amide bonds. The molecule has 1 aromatic carbocycles. The molecule has 0 saturated carbocycles. The standard InChI is InChI=1S/C23H31N5O2/c1-5-7-17(8-6-2)24-20-14-13-19-22(27-20)28(3)23(26-19)25-18-11-9-16(10-12-18)15-21(29)30-4/h9-14,17H,5-8,15H2,1-4H3,(H,24,27)(H,25,26). The van der Waals surface area contributed by atoms with E-state index in [0.29, 0.717) is 12.0 Å². The Hall–Kier alpha value is -3.09. The summed E-state index contributed by atoms with van der Waals surface area (Å²) in [5.74, 6) is 1.35. The molecule has 160 valence electrons. The highest BCUT2D eigenvalue weighted by Gasteiger charge is 2.12. The summed E-state index contributed by atoms with van der Waals surface area (Å²) in [7, 11) is 3.35. The SMILES string of the molecule is CCCC(CCC)Nc1ccc2nc(Nc3ccc(CC(=O)OC)cc3)n(C)c2n1. The van der Waals surface area contributed by atoms with Crippen LogP contribution in [0.5, 0.6) is 0 Å². The van der Waals surface area contributed by atoms with Crippen molar-refractivity contribution in [3.05, 3.63) is 42.0 Å². The van der Waals surface area contributed by atoms with E-state index in [2.05, 4.69) is 29.5 Å². The minimum absolute atomic E-state index is 0.248. The molecule has 0 fully saturated rings. The number of aromatic nitrogens is 3. The van der Waals surface area contributed by atoms with Crippen LogP contribution in [0.1, 0.15) is 45.1 Å². The number of pyridine rings is 1. The van der Waals surface area contributed by atoms with Gasteiger partial charge in [-0.15, -0.1) is 0 Å². The maximum Gasteiger partial charge on any atom is 0.309 e. The Morgan fingerprint density at radius 1 is 1.07 bits per heavy atom. The van der Waals surface area contributed by atoms with Gasteiger partial charge in [0.1, 0.15) is 11.3 Å². The molecule has 0 spiro atoms. The fraction of sp³-hybridized carbons (Fsp3) is 0.435. The highest BCUT2D eigenvalue weighted by molar-refractivity contribution is 5.78. The Kier molecular flexibility index (Phi) is 7.27. The molecule has 0 unspecified atom stereocenters. The number of anilines is 3. The lowest BCUT2D eigenvalue weighted by Gasteiger charge is -2.17. The predicted molar refractivity (Wildman–Crippen MR) is 121 cm³/mol. The largest absolute Gasteiger partial charge is 0.469 e. The van der Waals surface area contributed by atoms with Crippen molar-refractivity contribution in [1.29, 1.82) is 0 Å². The van der Waals surface area contributed by atoms with Crippen LogP contribution in [0.4, 0.5) is 17.5 Å². The van der Waals surface area contributed by atoms with Crippen LogP contribution in [0.25, 0.3) is 11.2 Å². The molecular weight excluding hydrogens is 378 g/mol. The van der Waals surface area contributed by atoms with Gasteiger partial charge in [0.25, 0.3) is 0 Å². The number of nitrogens with one attached hydrogen (secondary N) is 2. The van der Waals surface area contributed by atoms with Gasteiger partial charge < -0.3 is 15.4 Å². The van der Waals surface area contributed by atoms with Gasteiger partial charge in [-0.25, -0.2) is 9.97 Å². The summed E-state index contributed by atoms with van der Waals surface area (Å²) in [6, 6.07) is 12.1. The van der Waals surface area contributed by atoms with Crippen molar-refractivity contribution in [1.82, 2.24) is 14.5 Å². The smallest absolute Gasteiger partial charge is 0.309 e. The summed E-state index contributed by atoms with van der Waals surface area (Å²) in [5, 5.41) is 6.91. The molecule has 2 heterocycles. The van der Waals surface area contributed by atoms with E-state index in [-0.39, 0.29) is 12.4 Å². The van der Waals surface area contributed by atoms with E-state index in [4.69, 9.17) is 9.72 Å². The van der Waals surface area contributed by atoms with Crippen molar-refractivity contribution < 1.29 is 9.53 Å². The van der Waals surface area contributed by atoms with E-state index < -0.39 is 0 Å². The first kappa shape index (κ1) is 21.6. The lowest BCUT2D eigenvalue weighted by atomic mass is 10.1. The number of hydrogen-bond donors (Lipinski definition) is 2. The van der Waals surface area contributed by atoms with Crippen molar-refractivity contribution in [3.63, 3.8) is 0 Å². The number of carbonyl (C=O) groups excluding carboxylic acids is 1. The monoisotopic (exact) mass is 409 g/mol. The maximum absolute atomic E-state index is 11.4. The Morgan fingerprint density at radius 3 is 2.40 bits per heavy atom. The van der Waals surface area contributed by atoms with Gasteiger partial charge in [-0.05, 0) is 42.7 Å². The molecule has 0 aliphatic rings. The van der Waals surface area contributed by atoms with Gasteiger partial charge in [0.15, 0.2) is 5.65 Å². The molecule has 0 atom stereocenters. The number of methoxy groups -OCH3 is 1. The molecule has 3 rings (SSSR count).